The zero-order chi connectivity index (χ0) is 9.26. The standard InChI is InChI=1S/C11H16N2/c1-10-5-7-13(8-10)9-11-4-3-6-12(11)2/h1,3-4,6,10H,5,7-9H2,2H3. The summed E-state index contributed by atoms with van der Waals surface area (Å²) in [5.74, 6) is 0.389. The van der Waals surface area contributed by atoms with Gasteiger partial charge in [-0.2, -0.15) is 0 Å². The quantitative estimate of drug-likeness (QED) is 0.664. The molecule has 1 aromatic heterocycles. The number of aryl methyl sites for hydroxylation is 1. The number of hydrogen-bond donors (Lipinski definition) is 0. The van der Waals surface area contributed by atoms with E-state index in [9.17, 15) is 0 Å². The van der Waals surface area contributed by atoms with Crippen LogP contribution in [0.4, 0.5) is 0 Å². The highest BCUT2D eigenvalue weighted by Crippen LogP contribution is 2.17. The SMILES string of the molecule is [CH]C1CCN(Cc2cccn2C)C1. The number of likely N-dealkylation sites (tertiary alicyclic amines) is 1. The van der Waals surface area contributed by atoms with Crippen LogP contribution in [0.5, 0.6) is 0 Å². The minimum atomic E-state index is 0.389. The van der Waals surface area contributed by atoms with Crippen LogP contribution in [-0.4, -0.2) is 22.6 Å². The van der Waals surface area contributed by atoms with Gasteiger partial charge in [0.1, 0.15) is 0 Å². The molecule has 13 heavy (non-hydrogen) atoms. The maximum Gasteiger partial charge on any atom is 0.0387 e. The average molecular weight is 176 g/mol. The highest BCUT2D eigenvalue weighted by Gasteiger charge is 2.18. The van der Waals surface area contributed by atoms with Gasteiger partial charge in [0.05, 0.1) is 0 Å². The van der Waals surface area contributed by atoms with Crippen molar-refractivity contribution < 1.29 is 0 Å². The fourth-order valence-electron chi connectivity index (χ4n) is 1.90. The monoisotopic (exact) mass is 176 g/mol. The predicted molar refractivity (Wildman–Crippen MR) is 53.1 cm³/mol. The van der Waals surface area contributed by atoms with Crippen molar-refractivity contribution >= 4 is 0 Å². The van der Waals surface area contributed by atoms with Gasteiger partial charge in [-0.1, -0.05) is 0 Å². The molecule has 2 radical (unpaired) electrons. The van der Waals surface area contributed by atoms with Gasteiger partial charge < -0.3 is 4.57 Å². The molecule has 0 aromatic carbocycles. The second-order valence-corrected chi connectivity index (χ2v) is 3.89. The third kappa shape index (κ3) is 1.94. The minimum Gasteiger partial charge on any atom is -0.353 e. The number of hydrogen-bond acceptors (Lipinski definition) is 1. The van der Waals surface area contributed by atoms with E-state index in [2.05, 4.69) is 34.8 Å². The summed E-state index contributed by atoms with van der Waals surface area (Å²) < 4.78 is 2.17. The molecule has 1 aliphatic heterocycles. The number of aromatic nitrogens is 1. The zero-order valence-corrected chi connectivity index (χ0v) is 8.11. The van der Waals surface area contributed by atoms with E-state index in [-0.39, 0.29) is 0 Å². The Hall–Kier alpha value is -0.760. The molecule has 0 amide bonds. The summed E-state index contributed by atoms with van der Waals surface area (Å²) in [6.07, 6.45) is 3.23. The smallest absolute Gasteiger partial charge is 0.0387 e. The van der Waals surface area contributed by atoms with E-state index in [1.165, 1.54) is 5.69 Å². The molecule has 1 fully saturated rings. The van der Waals surface area contributed by atoms with Gasteiger partial charge in [-0.25, -0.2) is 0 Å². The first-order valence-corrected chi connectivity index (χ1v) is 4.84. The second-order valence-electron chi connectivity index (χ2n) is 3.89. The van der Waals surface area contributed by atoms with Crippen molar-refractivity contribution in [1.82, 2.24) is 9.47 Å². The van der Waals surface area contributed by atoms with Crippen molar-refractivity contribution in [2.75, 3.05) is 13.1 Å². The molecule has 1 aromatic rings. The summed E-state index contributed by atoms with van der Waals surface area (Å²) in [5, 5.41) is 0. The van der Waals surface area contributed by atoms with E-state index in [0.717, 1.165) is 26.1 Å². The van der Waals surface area contributed by atoms with E-state index < -0.39 is 0 Å². The van der Waals surface area contributed by atoms with Crippen LogP contribution >= 0.6 is 0 Å². The first-order valence-electron chi connectivity index (χ1n) is 4.84. The Morgan fingerprint density at radius 1 is 1.62 bits per heavy atom. The second kappa shape index (κ2) is 3.54. The van der Waals surface area contributed by atoms with Crippen LogP contribution in [0.2, 0.25) is 0 Å². The lowest BCUT2D eigenvalue weighted by Gasteiger charge is -2.15. The largest absolute Gasteiger partial charge is 0.353 e. The van der Waals surface area contributed by atoms with Crippen molar-refractivity contribution in [3.05, 3.63) is 30.9 Å². The van der Waals surface area contributed by atoms with Crippen LogP contribution in [-0.2, 0) is 13.6 Å². The molecule has 0 aliphatic carbocycles. The Labute approximate surface area is 80.2 Å². The summed E-state index contributed by atoms with van der Waals surface area (Å²) in [5.41, 5.74) is 1.37. The van der Waals surface area contributed by atoms with E-state index >= 15 is 0 Å². The lowest BCUT2D eigenvalue weighted by molar-refractivity contribution is 0.316. The molecule has 0 bridgehead atoms. The molecule has 2 rings (SSSR count). The van der Waals surface area contributed by atoms with Crippen LogP contribution in [0.1, 0.15) is 12.1 Å². The van der Waals surface area contributed by atoms with Gasteiger partial charge in [0.25, 0.3) is 0 Å². The topological polar surface area (TPSA) is 8.17 Å². The lowest BCUT2D eigenvalue weighted by Crippen LogP contribution is -2.20. The van der Waals surface area contributed by atoms with Crippen molar-refractivity contribution in [1.29, 1.82) is 0 Å². The van der Waals surface area contributed by atoms with Crippen LogP contribution in [0.15, 0.2) is 18.3 Å². The van der Waals surface area contributed by atoms with Crippen molar-refractivity contribution in [2.24, 2.45) is 13.0 Å². The summed E-state index contributed by atoms with van der Waals surface area (Å²) in [6.45, 7) is 9.07. The zero-order valence-electron chi connectivity index (χ0n) is 8.11. The van der Waals surface area contributed by atoms with Gasteiger partial charge in [0.15, 0.2) is 0 Å². The van der Waals surface area contributed by atoms with Crippen LogP contribution < -0.4 is 0 Å². The first-order chi connectivity index (χ1) is 6.25. The minimum absolute atomic E-state index is 0.389. The van der Waals surface area contributed by atoms with Gasteiger partial charge >= 0.3 is 0 Å². The summed E-state index contributed by atoms with van der Waals surface area (Å²) in [4.78, 5) is 2.42. The van der Waals surface area contributed by atoms with Gasteiger partial charge in [-0.3, -0.25) is 4.90 Å². The molecule has 1 unspecified atom stereocenters. The molecular formula is C11H16N2. The van der Waals surface area contributed by atoms with E-state index in [1.807, 2.05) is 0 Å². The van der Waals surface area contributed by atoms with Crippen molar-refractivity contribution in [3.63, 3.8) is 0 Å². The third-order valence-electron chi connectivity index (χ3n) is 2.75. The Balaban J connectivity index is 1.95. The molecule has 2 heteroatoms. The van der Waals surface area contributed by atoms with Crippen LogP contribution in [0.3, 0.4) is 0 Å². The molecule has 0 N–H and O–H groups in total. The van der Waals surface area contributed by atoms with E-state index in [0.29, 0.717) is 5.92 Å². The summed E-state index contributed by atoms with van der Waals surface area (Å²) in [6, 6.07) is 4.26. The van der Waals surface area contributed by atoms with E-state index in [4.69, 9.17) is 6.92 Å². The van der Waals surface area contributed by atoms with E-state index in [1.54, 1.807) is 0 Å². The molecule has 2 heterocycles. The molecule has 1 atom stereocenters. The third-order valence-corrected chi connectivity index (χ3v) is 2.75. The molecule has 70 valence electrons. The van der Waals surface area contributed by atoms with Gasteiger partial charge in [0.2, 0.25) is 0 Å². The molecule has 2 nitrogen and oxygen atoms in total. The first kappa shape index (κ1) is 8.82. The Kier molecular flexibility index (Phi) is 2.40. The highest BCUT2D eigenvalue weighted by molar-refractivity contribution is 5.06. The molecule has 0 spiro atoms. The molecule has 1 saturated heterocycles. The fourth-order valence-corrected chi connectivity index (χ4v) is 1.90. The van der Waals surface area contributed by atoms with Gasteiger partial charge in [0, 0.05) is 32.0 Å². The van der Waals surface area contributed by atoms with Crippen LogP contribution in [0.25, 0.3) is 0 Å². The van der Waals surface area contributed by atoms with Crippen molar-refractivity contribution in [2.45, 2.75) is 13.0 Å². The Morgan fingerprint density at radius 2 is 2.46 bits per heavy atom. The Morgan fingerprint density at radius 3 is 3.00 bits per heavy atom. The summed E-state index contributed by atoms with van der Waals surface area (Å²) >= 11 is 0. The maximum absolute atomic E-state index is 5.84. The molecular weight excluding hydrogens is 160 g/mol. The normalized spacial score (nSPS) is 24.0. The van der Waals surface area contributed by atoms with Gasteiger partial charge in [-0.05, 0) is 37.9 Å². The lowest BCUT2D eigenvalue weighted by atomic mass is 10.2. The van der Waals surface area contributed by atoms with Gasteiger partial charge in [-0.15, -0.1) is 0 Å². The Bertz CT molecular complexity index is 277. The number of nitrogens with zero attached hydrogens (tertiary/aromatic N) is 2. The summed E-state index contributed by atoms with van der Waals surface area (Å²) in [7, 11) is 2.09. The van der Waals surface area contributed by atoms with Crippen molar-refractivity contribution in [3.8, 4) is 0 Å². The predicted octanol–water partition coefficient (Wildman–Crippen LogP) is 1.56. The number of rotatable bonds is 2. The molecule has 1 aliphatic rings. The van der Waals surface area contributed by atoms with Crippen LogP contribution in [0, 0.1) is 12.8 Å². The highest BCUT2D eigenvalue weighted by atomic mass is 15.2. The fraction of sp³-hybridized carbons (Fsp3) is 0.545. The molecule has 0 saturated carbocycles. The maximum atomic E-state index is 5.84. The average Bonchev–Trinajstić information content (AvgIpc) is 2.64.